The van der Waals surface area contributed by atoms with Crippen molar-refractivity contribution in [2.45, 2.75) is 19.9 Å². The van der Waals surface area contributed by atoms with Crippen LogP contribution in [-0.4, -0.2) is 26.1 Å². The van der Waals surface area contributed by atoms with Gasteiger partial charge in [-0.3, -0.25) is 0 Å². The van der Waals surface area contributed by atoms with Crippen LogP contribution in [-0.2, 0) is 13.0 Å². The monoisotopic (exact) mass is 392 g/mol. The maximum atomic E-state index is 6.11. The zero-order valence-electron chi connectivity index (χ0n) is 15.6. The van der Waals surface area contributed by atoms with Gasteiger partial charge in [0.2, 0.25) is 5.95 Å². The molecular weight excluding hydrogens is 372 g/mol. The molecule has 0 unspecified atom stereocenters. The fourth-order valence-corrected chi connectivity index (χ4v) is 3.20. The van der Waals surface area contributed by atoms with E-state index < -0.39 is 0 Å². The molecule has 0 fully saturated rings. The number of fused-ring (bicyclic) bond motifs is 1. The number of anilines is 3. The van der Waals surface area contributed by atoms with Crippen molar-refractivity contribution >= 4 is 40.2 Å². The Morgan fingerprint density at radius 1 is 1.04 bits per heavy atom. The second kappa shape index (κ2) is 8.27. The first-order valence-electron chi connectivity index (χ1n) is 9.26. The second-order valence-electron chi connectivity index (χ2n) is 6.40. The standard InChI is InChI=1S/C21H21ClN6/c1-2-28-14-24-18-19(25-17-10-6-9-16(22)13-17)26-21(27-20(18)28)23-12-11-15-7-4-3-5-8-15/h3-10,13-14H,2,11-12H2,1H3,(H2,23,25,26,27). The number of aromatic nitrogens is 4. The van der Waals surface area contributed by atoms with Crippen LogP contribution in [0.2, 0.25) is 5.02 Å². The molecular formula is C21H21ClN6. The minimum atomic E-state index is 0.572. The average Bonchev–Trinajstić information content (AvgIpc) is 3.12. The van der Waals surface area contributed by atoms with Gasteiger partial charge in [0, 0.05) is 23.8 Å². The van der Waals surface area contributed by atoms with Gasteiger partial charge in [0.05, 0.1) is 6.33 Å². The first kappa shape index (κ1) is 18.3. The predicted molar refractivity (Wildman–Crippen MR) is 114 cm³/mol. The van der Waals surface area contributed by atoms with Gasteiger partial charge in [-0.2, -0.15) is 9.97 Å². The van der Waals surface area contributed by atoms with E-state index in [4.69, 9.17) is 11.6 Å². The van der Waals surface area contributed by atoms with Crippen LogP contribution >= 0.6 is 11.6 Å². The smallest absolute Gasteiger partial charge is 0.226 e. The molecule has 0 bridgehead atoms. The molecule has 0 aliphatic carbocycles. The first-order chi connectivity index (χ1) is 13.7. The lowest BCUT2D eigenvalue weighted by Crippen LogP contribution is -2.10. The molecule has 4 aromatic rings. The average molecular weight is 393 g/mol. The highest BCUT2D eigenvalue weighted by Crippen LogP contribution is 2.25. The zero-order valence-corrected chi connectivity index (χ0v) is 16.3. The van der Waals surface area contributed by atoms with Gasteiger partial charge in [-0.25, -0.2) is 4.98 Å². The van der Waals surface area contributed by atoms with Gasteiger partial charge in [0.25, 0.3) is 0 Å². The highest BCUT2D eigenvalue weighted by atomic mass is 35.5. The summed E-state index contributed by atoms with van der Waals surface area (Å²) >= 11 is 6.11. The fourth-order valence-electron chi connectivity index (χ4n) is 3.01. The number of nitrogens with one attached hydrogen (secondary N) is 2. The lowest BCUT2D eigenvalue weighted by molar-refractivity contribution is 0.777. The third-order valence-corrected chi connectivity index (χ3v) is 4.67. The molecule has 28 heavy (non-hydrogen) atoms. The molecule has 0 aliphatic rings. The van der Waals surface area contributed by atoms with Crippen LogP contribution in [0.5, 0.6) is 0 Å². The Morgan fingerprint density at radius 3 is 2.68 bits per heavy atom. The molecule has 142 valence electrons. The summed E-state index contributed by atoms with van der Waals surface area (Å²) in [6, 6.07) is 17.9. The maximum absolute atomic E-state index is 6.11. The van der Waals surface area contributed by atoms with Crippen molar-refractivity contribution in [2.24, 2.45) is 0 Å². The molecule has 0 saturated carbocycles. The van der Waals surface area contributed by atoms with Gasteiger partial charge in [0.1, 0.15) is 0 Å². The third-order valence-electron chi connectivity index (χ3n) is 4.43. The van der Waals surface area contributed by atoms with E-state index in [0.29, 0.717) is 16.8 Å². The summed E-state index contributed by atoms with van der Waals surface area (Å²) in [6.45, 7) is 3.59. The lowest BCUT2D eigenvalue weighted by Gasteiger charge is -2.11. The molecule has 0 amide bonds. The van der Waals surface area contributed by atoms with E-state index in [2.05, 4.69) is 44.6 Å². The molecule has 0 spiro atoms. The summed E-state index contributed by atoms with van der Waals surface area (Å²) in [4.78, 5) is 13.8. The number of hydrogen-bond acceptors (Lipinski definition) is 5. The van der Waals surface area contributed by atoms with E-state index in [9.17, 15) is 0 Å². The van der Waals surface area contributed by atoms with Crippen molar-refractivity contribution in [3.63, 3.8) is 0 Å². The number of rotatable bonds is 7. The Bertz CT molecular complexity index is 1080. The Hall–Kier alpha value is -3.12. The summed E-state index contributed by atoms with van der Waals surface area (Å²) in [5.74, 6) is 1.23. The quantitative estimate of drug-likeness (QED) is 0.468. The van der Waals surface area contributed by atoms with Gasteiger partial charge in [-0.05, 0) is 37.1 Å². The number of imidazole rings is 1. The minimum absolute atomic E-state index is 0.572. The molecule has 6 nitrogen and oxygen atoms in total. The van der Waals surface area contributed by atoms with Crippen LogP contribution in [0.25, 0.3) is 11.2 Å². The molecule has 2 aromatic carbocycles. The third kappa shape index (κ3) is 4.07. The van der Waals surface area contributed by atoms with E-state index in [1.54, 1.807) is 6.33 Å². The first-order valence-corrected chi connectivity index (χ1v) is 9.64. The normalized spacial score (nSPS) is 10.9. The summed E-state index contributed by atoms with van der Waals surface area (Å²) in [7, 11) is 0. The molecule has 2 aromatic heterocycles. The van der Waals surface area contributed by atoms with Crippen molar-refractivity contribution in [2.75, 3.05) is 17.2 Å². The number of hydrogen-bond donors (Lipinski definition) is 2. The Morgan fingerprint density at radius 2 is 1.89 bits per heavy atom. The number of aryl methyl sites for hydroxylation is 1. The summed E-state index contributed by atoms with van der Waals surface area (Å²) in [6.07, 6.45) is 2.68. The highest BCUT2D eigenvalue weighted by Gasteiger charge is 2.13. The van der Waals surface area contributed by atoms with Crippen LogP contribution in [0.1, 0.15) is 12.5 Å². The molecule has 0 radical (unpaired) electrons. The van der Waals surface area contributed by atoms with Crippen LogP contribution in [0, 0.1) is 0 Å². The molecule has 0 aliphatic heterocycles. The molecule has 7 heteroatoms. The fraction of sp³-hybridized carbons (Fsp3) is 0.190. The minimum Gasteiger partial charge on any atom is -0.354 e. The lowest BCUT2D eigenvalue weighted by atomic mass is 10.1. The van der Waals surface area contributed by atoms with E-state index in [1.807, 2.05) is 47.0 Å². The maximum Gasteiger partial charge on any atom is 0.226 e. The molecule has 0 saturated heterocycles. The van der Waals surface area contributed by atoms with Crippen LogP contribution in [0.15, 0.2) is 60.9 Å². The summed E-state index contributed by atoms with van der Waals surface area (Å²) < 4.78 is 2.00. The Balaban J connectivity index is 1.61. The molecule has 4 rings (SSSR count). The van der Waals surface area contributed by atoms with Crippen LogP contribution < -0.4 is 10.6 Å². The zero-order chi connectivity index (χ0) is 19.3. The van der Waals surface area contributed by atoms with Crippen molar-refractivity contribution in [1.29, 1.82) is 0 Å². The number of nitrogens with zero attached hydrogens (tertiary/aromatic N) is 4. The van der Waals surface area contributed by atoms with Gasteiger partial charge < -0.3 is 15.2 Å². The van der Waals surface area contributed by atoms with Crippen molar-refractivity contribution in [3.8, 4) is 0 Å². The second-order valence-corrected chi connectivity index (χ2v) is 6.83. The number of benzene rings is 2. The Labute approximate surface area is 168 Å². The van der Waals surface area contributed by atoms with Gasteiger partial charge in [-0.15, -0.1) is 0 Å². The van der Waals surface area contributed by atoms with E-state index in [-0.39, 0.29) is 0 Å². The number of halogens is 1. The molecule has 2 N–H and O–H groups in total. The summed E-state index contributed by atoms with van der Waals surface area (Å²) in [5, 5.41) is 7.32. The van der Waals surface area contributed by atoms with E-state index in [0.717, 1.165) is 36.4 Å². The van der Waals surface area contributed by atoms with Crippen molar-refractivity contribution < 1.29 is 0 Å². The SMILES string of the molecule is CCn1cnc2c(Nc3cccc(Cl)c3)nc(NCCc3ccccc3)nc21. The topological polar surface area (TPSA) is 67.7 Å². The summed E-state index contributed by atoms with van der Waals surface area (Å²) in [5.41, 5.74) is 3.65. The van der Waals surface area contributed by atoms with E-state index >= 15 is 0 Å². The molecule has 2 heterocycles. The van der Waals surface area contributed by atoms with Gasteiger partial charge in [0.15, 0.2) is 17.0 Å². The highest BCUT2D eigenvalue weighted by molar-refractivity contribution is 6.30. The van der Waals surface area contributed by atoms with Crippen LogP contribution in [0.4, 0.5) is 17.5 Å². The van der Waals surface area contributed by atoms with Gasteiger partial charge >= 0.3 is 0 Å². The largest absolute Gasteiger partial charge is 0.354 e. The van der Waals surface area contributed by atoms with Crippen molar-refractivity contribution in [3.05, 3.63) is 71.5 Å². The predicted octanol–water partition coefficient (Wildman–Crippen LogP) is 4.90. The van der Waals surface area contributed by atoms with Crippen molar-refractivity contribution in [1.82, 2.24) is 19.5 Å². The Kier molecular flexibility index (Phi) is 5.39. The van der Waals surface area contributed by atoms with Crippen LogP contribution in [0.3, 0.4) is 0 Å². The molecule has 0 atom stereocenters. The van der Waals surface area contributed by atoms with E-state index in [1.165, 1.54) is 5.56 Å². The van der Waals surface area contributed by atoms with Gasteiger partial charge in [-0.1, -0.05) is 48.0 Å².